The molecule has 1 atom stereocenters. The molecular weight excluding hydrogens is 378 g/mol. The van der Waals surface area contributed by atoms with Crippen LogP contribution in [0.1, 0.15) is 18.9 Å². The van der Waals surface area contributed by atoms with E-state index in [1.165, 1.54) is 11.3 Å². The summed E-state index contributed by atoms with van der Waals surface area (Å²) in [5.41, 5.74) is 3.27. The summed E-state index contributed by atoms with van der Waals surface area (Å²) in [6.45, 7) is 8.11. The summed E-state index contributed by atoms with van der Waals surface area (Å²) in [6, 6.07) is 16.0. The molecule has 2 saturated heterocycles. The molecule has 2 fully saturated rings. The predicted octanol–water partition coefficient (Wildman–Crippen LogP) is 3.10. The molecule has 0 saturated carbocycles. The lowest BCUT2D eigenvalue weighted by atomic mass is 10.1. The van der Waals surface area contributed by atoms with Crippen molar-refractivity contribution in [3.63, 3.8) is 0 Å². The zero-order valence-electron chi connectivity index (χ0n) is 17.7. The quantitative estimate of drug-likeness (QED) is 0.764. The van der Waals surface area contributed by atoms with E-state index in [1.54, 1.807) is 4.90 Å². The van der Waals surface area contributed by atoms with Crippen molar-refractivity contribution in [3.8, 4) is 5.75 Å². The Balaban J connectivity index is 1.35. The highest BCUT2D eigenvalue weighted by molar-refractivity contribution is 6.00. The lowest BCUT2D eigenvalue weighted by Gasteiger charge is -2.37. The molecule has 0 aliphatic carbocycles. The van der Waals surface area contributed by atoms with Crippen LogP contribution >= 0.6 is 0 Å². The van der Waals surface area contributed by atoms with Crippen LogP contribution in [-0.4, -0.2) is 56.0 Å². The van der Waals surface area contributed by atoms with Crippen molar-refractivity contribution in [2.45, 2.75) is 20.3 Å². The van der Waals surface area contributed by atoms with Crippen LogP contribution in [0.25, 0.3) is 0 Å². The van der Waals surface area contributed by atoms with E-state index in [0.29, 0.717) is 26.2 Å². The third-order valence-corrected chi connectivity index (χ3v) is 5.89. The zero-order chi connectivity index (χ0) is 21.1. The number of piperazine rings is 1. The Morgan fingerprint density at radius 3 is 2.43 bits per heavy atom. The van der Waals surface area contributed by atoms with Crippen molar-refractivity contribution in [1.29, 1.82) is 0 Å². The third-order valence-electron chi connectivity index (χ3n) is 5.89. The van der Waals surface area contributed by atoms with Crippen molar-refractivity contribution in [1.82, 2.24) is 4.90 Å². The van der Waals surface area contributed by atoms with Crippen molar-refractivity contribution in [2.24, 2.45) is 5.92 Å². The molecule has 2 aromatic carbocycles. The van der Waals surface area contributed by atoms with E-state index in [0.717, 1.165) is 24.5 Å². The van der Waals surface area contributed by atoms with Crippen molar-refractivity contribution < 1.29 is 14.3 Å². The number of carbonyl (C=O) groups is 2. The van der Waals surface area contributed by atoms with Crippen LogP contribution < -0.4 is 14.5 Å². The second kappa shape index (κ2) is 8.78. The van der Waals surface area contributed by atoms with E-state index in [1.807, 2.05) is 36.1 Å². The van der Waals surface area contributed by atoms with Crippen molar-refractivity contribution >= 4 is 23.2 Å². The molecule has 0 radical (unpaired) electrons. The Morgan fingerprint density at radius 2 is 1.77 bits per heavy atom. The standard InChI is InChI=1S/C24H29N3O3/c1-3-30-22-9-7-20(8-10-22)27-17-19(16-23(27)28)24(29)26-13-11-25(12-14-26)21-6-4-5-18(2)15-21/h4-10,15,19H,3,11-14,16-17H2,1-2H3/t19-/m1/s1. The second-order valence-corrected chi connectivity index (χ2v) is 7.98. The molecule has 0 spiro atoms. The van der Waals surface area contributed by atoms with E-state index in [-0.39, 0.29) is 24.2 Å². The van der Waals surface area contributed by atoms with Gasteiger partial charge in [-0.25, -0.2) is 0 Å². The molecular formula is C24H29N3O3. The summed E-state index contributed by atoms with van der Waals surface area (Å²) >= 11 is 0. The molecule has 0 unspecified atom stereocenters. The summed E-state index contributed by atoms with van der Waals surface area (Å²) in [6.07, 6.45) is 0.282. The number of aryl methyl sites for hydroxylation is 1. The van der Waals surface area contributed by atoms with Crippen LogP contribution in [0.4, 0.5) is 11.4 Å². The predicted molar refractivity (Wildman–Crippen MR) is 118 cm³/mol. The number of ether oxygens (including phenoxy) is 1. The van der Waals surface area contributed by atoms with Gasteiger partial charge in [-0.2, -0.15) is 0 Å². The van der Waals surface area contributed by atoms with Crippen molar-refractivity contribution in [2.75, 3.05) is 49.1 Å². The Labute approximate surface area is 178 Å². The number of hydrogen-bond acceptors (Lipinski definition) is 4. The van der Waals surface area contributed by atoms with Gasteiger partial charge in [0.15, 0.2) is 0 Å². The van der Waals surface area contributed by atoms with Gasteiger partial charge in [0, 0.05) is 50.5 Å². The lowest BCUT2D eigenvalue weighted by Crippen LogP contribution is -2.50. The minimum absolute atomic E-state index is 0.0101. The van der Waals surface area contributed by atoms with Gasteiger partial charge in [-0.1, -0.05) is 12.1 Å². The number of rotatable bonds is 5. The minimum Gasteiger partial charge on any atom is -0.494 e. The SMILES string of the molecule is CCOc1ccc(N2C[C@H](C(=O)N3CCN(c4cccc(C)c4)CC3)CC2=O)cc1. The van der Waals surface area contributed by atoms with Gasteiger partial charge < -0.3 is 19.4 Å². The first kappa shape index (κ1) is 20.3. The Hall–Kier alpha value is -3.02. The summed E-state index contributed by atoms with van der Waals surface area (Å²) < 4.78 is 5.47. The molecule has 6 nitrogen and oxygen atoms in total. The number of anilines is 2. The molecule has 2 heterocycles. The van der Waals surface area contributed by atoms with Crippen LogP contribution in [0.15, 0.2) is 48.5 Å². The van der Waals surface area contributed by atoms with Gasteiger partial charge in [-0.15, -0.1) is 0 Å². The fourth-order valence-corrected chi connectivity index (χ4v) is 4.28. The molecule has 0 aromatic heterocycles. The number of hydrogen-bond donors (Lipinski definition) is 0. The first-order valence-corrected chi connectivity index (χ1v) is 10.7. The van der Waals surface area contributed by atoms with E-state index < -0.39 is 0 Å². The molecule has 2 amide bonds. The smallest absolute Gasteiger partial charge is 0.228 e. The van der Waals surface area contributed by atoms with Crippen molar-refractivity contribution in [3.05, 3.63) is 54.1 Å². The van der Waals surface area contributed by atoms with Crippen LogP contribution in [0.3, 0.4) is 0 Å². The first-order chi connectivity index (χ1) is 14.5. The molecule has 6 heteroatoms. The van der Waals surface area contributed by atoms with Crippen LogP contribution in [0.5, 0.6) is 5.75 Å². The summed E-state index contributed by atoms with van der Waals surface area (Å²) in [5, 5.41) is 0. The topological polar surface area (TPSA) is 53.1 Å². The van der Waals surface area contributed by atoms with Gasteiger partial charge in [0.25, 0.3) is 0 Å². The van der Waals surface area contributed by atoms with Crippen LogP contribution in [-0.2, 0) is 9.59 Å². The highest BCUT2D eigenvalue weighted by Gasteiger charge is 2.38. The molecule has 2 aromatic rings. The van der Waals surface area contributed by atoms with E-state index in [4.69, 9.17) is 4.74 Å². The van der Waals surface area contributed by atoms with Gasteiger partial charge >= 0.3 is 0 Å². The summed E-state index contributed by atoms with van der Waals surface area (Å²) in [7, 11) is 0. The highest BCUT2D eigenvalue weighted by atomic mass is 16.5. The molecule has 30 heavy (non-hydrogen) atoms. The maximum Gasteiger partial charge on any atom is 0.228 e. The van der Waals surface area contributed by atoms with Gasteiger partial charge in [0.05, 0.1) is 12.5 Å². The van der Waals surface area contributed by atoms with Crippen LogP contribution in [0, 0.1) is 12.8 Å². The second-order valence-electron chi connectivity index (χ2n) is 7.98. The Bertz CT molecular complexity index is 904. The number of nitrogens with zero attached hydrogens (tertiary/aromatic N) is 3. The van der Waals surface area contributed by atoms with Gasteiger partial charge in [-0.3, -0.25) is 9.59 Å². The molecule has 2 aliphatic heterocycles. The van der Waals surface area contributed by atoms with E-state index in [9.17, 15) is 9.59 Å². The third kappa shape index (κ3) is 4.27. The van der Waals surface area contributed by atoms with E-state index >= 15 is 0 Å². The molecule has 0 bridgehead atoms. The monoisotopic (exact) mass is 407 g/mol. The van der Waals surface area contributed by atoms with E-state index in [2.05, 4.69) is 36.1 Å². The Morgan fingerprint density at radius 1 is 1.03 bits per heavy atom. The number of carbonyl (C=O) groups excluding carboxylic acids is 2. The average Bonchev–Trinajstić information content (AvgIpc) is 3.16. The lowest BCUT2D eigenvalue weighted by molar-refractivity contribution is -0.136. The van der Waals surface area contributed by atoms with Gasteiger partial charge in [-0.05, 0) is 55.8 Å². The molecule has 158 valence electrons. The maximum absolute atomic E-state index is 13.1. The number of benzene rings is 2. The fourth-order valence-electron chi connectivity index (χ4n) is 4.28. The van der Waals surface area contributed by atoms with Gasteiger partial charge in [0.2, 0.25) is 11.8 Å². The normalized spacial score (nSPS) is 19.3. The maximum atomic E-state index is 13.1. The molecule has 4 rings (SSSR count). The first-order valence-electron chi connectivity index (χ1n) is 10.7. The fraction of sp³-hybridized carbons (Fsp3) is 0.417. The molecule has 2 aliphatic rings. The summed E-state index contributed by atoms with van der Waals surface area (Å²) in [5.74, 6) is 0.623. The number of amides is 2. The summed E-state index contributed by atoms with van der Waals surface area (Å²) in [4.78, 5) is 31.6. The van der Waals surface area contributed by atoms with Gasteiger partial charge in [0.1, 0.15) is 5.75 Å². The average molecular weight is 408 g/mol. The highest BCUT2D eigenvalue weighted by Crippen LogP contribution is 2.28. The Kier molecular flexibility index (Phi) is 5.93. The molecule has 0 N–H and O–H groups in total. The largest absolute Gasteiger partial charge is 0.494 e. The zero-order valence-corrected chi connectivity index (χ0v) is 17.7. The van der Waals surface area contributed by atoms with Crippen LogP contribution in [0.2, 0.25) is 0 Å². The minimum atomic E-state index is -0.269.